The maximum Gasteiger partial charge on any atom is 0.123 e. The summed E-state index contributed by atoms with van der Waals surface area (Å²) in [7, 11) is 4.14. The van der Waals surface area contributed by atoms with Crippen molar-refractivity contribution in [1.82, 2.24) is 20.0 Å². The van der Waals surface area contributed by atoms with Crippen LogP contribution >= 0.6 is 0 Å². The fourth-order valence-corrected chi connectivity index (χ4v) is 2.83. The molecule has 0 saturated heterocycles. The SMILES string of the molecule is C=C(NCCCN(C)C)c1cccc2c1cnn2-c1ccc(F)cc1.C=O. The molecule has 0 atom stereocenters. The zero-order chi connectivity index (χ0) is 19.8. The average molecular weight is 368 g/mol. The number of halogens is 1. The number of aromatic nitrogens is 2. The van der Waals surface area contributed by atoms with Crippen molar-refractivity contribution >= 4 is 23.4 Å². The van der Waals surface area contributed by atoms with Crippen molar-refractivity contribution < 1.29 is 9.18 Å². The molecule has 0 aliphatic carbocycles. The van der Waals surface area contributed by atoms with E-state index in [1.165, 1.54) is 12.1 Å². The largest absolute Gasteiger partial charge is 0.385 e. The lowest BCUT2D eigenvalue weighted by molar-refractivity contribution is -0.0979. The maximum atomic E-state index is 13.2. The molecule has 5 nitrogen and oxygen atoms in total. The number of fused-ring (bicyclic) bond motifs is 1. The molecule has 1 heterocycles. The Balaban J connectivity index is 0.00000126. The van der Waals surface area contributed by atoms with Crippen molar-refractivity contribution in [3.63, 3.8) is 0 Å². The Kier molecular flexibility index (Phi) is 7.25. The van der Waals surface area contributed by atoms with Gasteiger partial charge in [0, 0.05) is 23.2 Å². The van der Waals surface area contributed by atoms with Gasteiger partial charge in [-0.05, 0) is 57.4 Å². The van der Waals surface area contributed by atoms with Gasteiger partial charge >= 0.3 is 0 Å². The quantitative estimate of drug-likeness (QED) is 0.649. The highest BCUT2D eigenvalue weighted by molar-refractivity contribution is 5.91. The monoisotopic (exact) mass is 368 g/mol. The Morgan fingerprint density at radius 1 is 1.19 bits per heavy atom. The van der Waals surface area contributed by atoms with Crippen LogP contribution in [0.4, 0.5) is 4.39 Å². The molecule has 3 rings (SSSR count). The summed E-state index contributed by atoms with van der Waals surface area (Å²) in [5.41, 5.74) is 3.73. The van der Waals surface area contributed by atoms with Gasteiger partial charge in [0.25, 0.3) is 0 Å². The van der Waals surface area contributed by atoms with E-state index < -0.39 is 0 Å². The summed E-state index contributed by atoms with van der Waals surface area (Å²) in [6, 6.07) is 12.4. The molecule has 1 N–H and O–H groups in total. The summed E-state index contributed by atoms with van der Waals surface area (Å²) < 4.78 is 15.0. The molecular weight excluding hydrogens is 343 g/mol. The van der Waals surface area contributed by atoms with E-state index in [1.807, 2.05) is 35.9 Å². The van der Waals surface area contributed by atoms with E-state index in [0.717, 1.165) is 47.4 Å². The van der Waals surface area contributed by atoms with Crippen molar-refractivity contribution in [1.29, 1.82) is 0 Å². The van der Waals surface area contributed by atoms with E-state index in [1.54, 1.807) is 12.1 Å². The Labute approximate surface area is 159 Å². The van der Waals surface area contributed by atoms with Gasteiger partial charge in [-0.1, -0.05) is 18.7 Å². The molecule has 0 aliphatic heterocycles. The third-order valence-corrected chi connectivity index (χ3v) is 4.13. The summed E-state index contributed by atoms with van der Waals surface area (Å²) in [5.74, 6) is -0.254. The van der Waals surface area contributed by atoms with Gasteiger partial charge in [-0.15, -0.1) is 0 Å². The van der Waals surface area contributed by atoms with E-state index in [-0.39, 0.29) is 5.82 Å². The van der Waals surface area contributed by atoms with Crippen LogP contribution in [0, 0.1) is 5.82 Å². The van der Waals surface area contributed by atoms with Gasteiger partial charge < -0.3 is 15.0 Å². The minimum absolute atomic E-state index is 0.254. The van der Waals surface area contributed by atoms with Gasteiger partial charge in [0.1, 0.15) is 12.6 Å². The highest BCUT2D eigenvalue weighted by Crippen LogP contribution is 2.25. The Morgan fingerprint density at radius 3 is 2.56 bits per heavy atom. The second-order valence-corrected chi connectivity index (χ2v) is 6.33. The number of carbonyl (C=O) groups excluding carboxylic acids is 1. The van der Waals surface area contributed by atoms with Crippen molar-refractivity contribution in [3.8, 4) is 5.69 Å². The van der Waals surface area contributed by atoms with Crippen molar-refractivity contribution in [2.75, 3.05) is 27.2 Å². The van der Waals surface area contributed by atoms with Crippen LogP contribution in [0.15, 0.2) is 55.2 Å². The molecule has 1 aromatic heterocycles. The number of nitrogens with one attached hydrogen (secondary N) is 1. The normalized spacial score (nSPS) is 10.5. The van der Waals surface area contributed by atoms with Crippen LogP contribution in [0.1, 0.15) is 12.0 Å². The lowest BCUT2D eigenvalue weighted by atomic mass is 10.1. The van der Waals surface area contributed by atoms with E-state index in [4.69, 9.17) is 4.79 Å². The smallest absolute Gasteiger partial charge is 0.123 e. The Hall–Kier alpha value is -2.99. The van der Waals surface area contributed by atoms with Gasteiger partial charge in [0.05, 0.1) is 17.4 Å². The molecule has 0 bridgehead atoms. The van der Waals surface area contributed by atoms with E-state index in [2.05, 4.69) is 36.0 Å². The molecular formula is C21H25FN4O. The first-order chi connectivity index (χ1) is 13.1. The standard InChI is InChI=1S/C20H23FN4.CH2O/c1-15(22-12-5-13-24(2)3)18-6-4-7-20-19(18)14-23-25(20)17-10-8-16(21)9-11-17;1-2/h4,6-11,14,22H,1,5,12-13H2,2-3H3;1H2. The number of carbonyl (C=O) groups is 1. The molecule has 0 fully saturated rings. The van der Waals surface area contributed by atoms with Crippen LogP contribution < -0.4 is 5.32 Å². The highest BCUT2D eigenvalue weighted by atomic mass is 19.1. The summed E-state index contributed by atoms with van der Waals surface area (Å²) in [6.45, 7) is 8.08. The van der Waals surface area contributed by atoms with Crippen LogP contribution in [0.25, 0.3) is 22.3 Å². The molecule has 0 unspecified atom stereocenters. The van der Waals surface area contributed by atoms with Crippen molar-refractivity contribution in [2.24, 2.45) is 0 Å². The van der Waals surface area contributed by atoms with E-state index in [0.29, 0.717) is 0 Å². The zero-order valence-corrected chi connectivity index (χ0v) is 15.8. The Morgan fingerprint density at radius 2 is 1.89 bits per heavy atom. The summed E-state index contributed by atoms with van der Waals surface area (Å²) in [5, 5.41) is 8.90. The highest BCUT2D eigenvalue weighted by Gasteiger charge is 2.10. The minimum Gasteiger partial charge on any atom is -0.385 e. The van der Waals surface area contributed by atoms with Gasteiger partial charge in [0.15, 0.2) is 0 Å². The van der Waals surface area contributed by atoms with Gasteiger partial charge in [0.2, 0.25) is 0 Å². The van der Waals surface area contributed by atoms with Gasteiger partial charge in [-0.2, -0.15) is 5.10 Å². The molecule has 2 aromatic carbocycles. The van der Waals surface area contributed by atoms with Gasteiger partial charge in [-0.25, -0.2) is 9.07 Å². The predicted molar refractivity (Wildman–Crippen MR) is 108 cm³/mol. The molecule has 0 spiro atoms. The fraction of sp³-hybridized carbons (Fsp3) is 0.238. The summed E-state index contributed by atoms with van der Waals surface area (Å²) in [4.78, 5) is 10.2. The second-order valence-electron chi connectivity index (χ2n) is 6.33. The average Bonchev–Trinajstić information content (AvgIpc) is 3.11. The molecule has 27 heavy (non-hydrogen) atoms. The van der Waals surface area contributed by atoms with Crippen LogP contribution in [0.3, 0.4) is 0 Å². The maximum absolute atomic E-state index is 13.2. The second kappa shape index (κ2) is 9.64. The van der Waals surface area contributed by atoms with Gasteiger partial charge in [-0.3, -0.25) is 0 Å². The molecule has 0 amide bonds. The van der Waals surface area contributed by atoms with Crippen LogP contribution in [-0.2, 0) is 4.79 Å². The lowest BCUT2D eigenvalue weighted by Crippen LogP contribution is -2.20. The zero-order valence-electron chi connectivity index (χ0n) is 15.8. The lowest BCUT2D eigenvalue weighted by Gasteiger charge is -2.13. The Bertz CT molecular complexity index is 887. The minimum atomic E-state index is -0.254. The van der Waals surface area contributed by atoms with Crippen LogP contribution in [0.2, 0.25) is 0 Å². The summed E-state index contributed by atoms with van der Waals surface area (Å²) >= 11 is 0. The first-order valence-electron chi connectivity index (χ1n) is 8.65. The van der Waals surface area contributed by atoms with Crippen molar-refractivity contribution in [2.45, 2.75) is 6.42 Å². The van der Waals surface area contributed by atoms with Crippen molar-refractivity contribution in [3.05, 3.63) is 66.6 Å². The molecule has 0 radical (unpaired) electrons. The number of benzene rings is 2. The molecule has 3 aromatic rings. The number of rotatable bonds is 7. The molecule has 0 aliphatic rings. The molecule has 0 saturated carbocycles. The number of hydrogen-bond acceptors (Lipinski definition) is 4. The first kappa shape index (κ1) is 20.3. The first-order valence-corrected chi connectivity index (χ1v) is 8.65. The molecule has 6 heteroatoms. The predicted octanol–water partition coefficient (Wildman–Crippen LogP) is 3.49. The number of nitrogens with zero attached hydrogens (tertiary/aromatic N) is 3. The fourth-order valence-electron chi connectivity index (χ4n) is 2.83. The van der Waals surface area contributed by atoms with Crippen LogP contribution in [-0.4, -0.2) is 48.7 Å². The van der Waals surface area contributed by atoms with E-state index in [9.17, 15) is 4.39 Å². The third-order valence-electron chi connectivity index (χ3n) is 4.13. The molecule has 142 valence electrons. The number of hydrogen-bond donors (Lipinski definition) is 1. The third kappa shape index (κ3) is 5.01. The van der Waals surface area contributed by atoms with Crippen LogP contribution in [0.5, 0.6) is 0 Å². The summed E-state index contributed by atoms with van der Waals surface area (Å²) in [6.07, 6.45) is 2.89. The topological polar surface area (TPSA) is 50.2 Å². The van der Waals surface area contributed by atoms with E-state index >= 15 is 0 Å².